The molecule has 0 saturated carbocycles. The molecule has 19 heavy (non-hydrogen) atoms. The maximum atomic E-state index is 12.2. The van der Waals surface area contributed by atoms with E-state index in [1.165, 1.54) is 0 Å². The van der Waals surface area contributed by atoms with Gasteiger partial charge in [0.25, 0.3) is 5.91 Å². The van der Waals surface area contributed by atoms with Crippen LogP contribution in [0.2, 0.25) is 0 Å². The van der Waals surface area contributed by atoms with E-state index in [1.807, 2.05) is 30.5 Å². The van der Waals surface area contributed by atoms with Crippen molar-refractivity contribution in [2.45, 2.75) is 17.7 Å². The zero-order valence-electron chi connectivity index (χ0n) is 10.8. The van der Waals surface area contributed by atoms with Gasteiger partial charge in [-0.15, -0.1) is 11.8 Å². The molecule has 4 nitrogen and oxygen atoms in total. The maximum absolute atomic E-state index is 12.2. The van der Waals surface area contributed by atoms with E-state index >= 15 is 0 Å². The van der Waals surface area contributed by atoms with Gasteiger partial charge in [0.05, 0.1) is 5.92 Å². The highest BCUT2D eigenvalue weighted by atomic mass is 32.2. The molecule has 2 rings (SSSR count). The number of benzene rings is 1. The number of nitrogens with zero attached hydrogens (tertiary/aromatic N) is 1. The van der Waals surface area contributed by atoms with Gasteiger partial charge in [-0.05, 0) is 43.4 Å². The molecule has 5 heteroatoms. The molecule has 0 radical (unpaired) electrons. The Morgan fingerprint density at radius 3 is 2.26 bits per heavy atom. The first-order valence-corrected chi connectivity index (χ1v) is 7.50. The molecule has 1 N–H and O–H groups in total. The number of hydrogen-bond donors (Lipinski definition) is 1. The van der Waals surface area contributed by atoms with Crippen molar-refractivity contribution in [3.05, 3.63) is 29.8 Å². The maximum Gasteiger partial charge on any atom is 0.306 e. The molecule has 1 aromatic carbocycles. The van der Waals surface area contributed by atoms with Gasteiger partial charge in [0.2, 0.25) is 0 Å². The topological polar surface area (TPSA) is 57.6 Å². The van der Waals surface area contributed by atoms with E-state index in [2.05, 4.69) is 0 Å². The Morgan fingerprint density at radius 1 is 1.21 bits per heavy atom. The normalized spacial score (nSPS) is 16.4. The number of carbonyl (C=O) groups is 2. The van der Waals surface area contributed by atoms with E-state index in [-0.39, 0.29) is 11.8 Å². The summed E-state index contributed by atoms with van der Waals surface area (Å²) in [5, 5.41) is 8.93. The van der Waals surface area contributed by atoms with Crippen molar-refractivity contribution in [2.75, 3.05) is 19.3 Å². The monoisotopic (exact) mass is 279 g/mol. The Kier molecular flexibility index (Phi) is 4.47. The summed E-state index contributed by atoms with van der Waals surface area (Å²) in [6.07, 6.45) is 3.08. The van der Waals surface area contributed by atoms with E-state index in [1.54, 1.807) is 16.7 Å². The van der Waals surface area contributed by atoms with Crippen LogP contribution in [0.3, 0.4) is 0 Å². The Labute approximate surface area is 116 Å². The Balaban J connectivity index is 1.98. The summed E-state index contributed by atoms with van der Waals surface area (Å²) in [7, 11) is 0. The number of thioether (sulfide) groups is 1. The van der Waals surface area contributed by atoms with E-state index < -0.39 is 5.97 Å². The average molecular weight is 279 g/mol. The Hall–Kier alpha value is -1.49. The Bertz CT molecular complexity index is 464. The van der Waals surface area contributed by atoms with Gasteiger partial charge in [-0.2, -0.15) is 0 Å². The van der Waals surface area contributed by atoms with Crippen LogP contribution in [0, 0.1) is 5.92 Å². The first kappa shape index (κ1) is 13.9. The summed E-state index contributed by atoms with van der Waals surface area (Å²) in [6, 6.07) is 7.53. The number of aliphatic carboxylic acids is 1. The van der Waals surface area contributed by atoms with Gasteiger partial charge in [0.1, 0.15) is 0 Å². The number of hydrogen-bond acceptors (Lipinski definition) is 3. The van der Waals surface area contributed by atoms with Crippen molar-refractivity contribution < 1.29 is 14.7 Å². The van der Waals surface area contributed by atoms with Gasteiger partial charge in [-0.1, -0.05) is 0 Å². The van der Waals surface area contributed by atoms with Crippen molar-refractivity contribution in [1.29, 1.82) is 0 Å². The highest BCUT2D eigenvalue weighted by Gasteiger charge is 2.27. The van der Waals surface area contributed by atoms with Gasteiger partial charge in [0, 0.05) is 23.5 Å². The summed E-state index contributed by atoms with van der Waals surface area (Å²) in [6.45, 7) is 1.06. The third-order valence-corrected chi connectivity index (χ3v) is 4.21. The second kappa shape index (κ2) is 6.10. The smallest absolute Gasteiger partial charge is 0.306 e. The number of carbonyl (C=O) groups excluding carboxylic acids is 1. The van der Waals surface area contributed by atoms with Crippen molar-refractivity contribution in [2.24, 2.45) is 5.92 Å². The van der Waals surface area contributed by atoms with Crippen LogP contribution >= 0.6 is 11.8 Å². The fourth-order valence-corrected chi connectivity index (χ4v) is 2.65. The number of amides is 1. The minimum absolute atomic E-state index is 0.00325. The zero-order valence-corrected chi connectivity index (χ0v) is 11.7. The predicted molar refractivity (Wildman–Crippen MR) is 74.5 cm³/mol. The summed E-state index contributed by atoms with van der Waals surface area (Å²) in [5.74, 6) is -1.06. The van der Waals surface area contributed by atoms with Crippen LogP contribution in [0.4, 0.5) is 0 Å². The van der Waals surface area contributed by atoms with Gasteiger partial charge in [-0.25, -0.2) is 0 Å². The fraction of sp³-hybridized carbons (Fsp3) is 0.429. The lowest BCUT2D eigenvalue weighted by molar-refractivity contribution is -0.143. The number of likely N-dealkylation sites (tertiary alicyclic amines) is 1. The highest BCUT2D eigenvalue weighted by Crippen LogP contribution is 2.20. The lowest BCUT2D eigenvalue weighted by Crippen LogP contribution is -2.40. The lowest BCUT2D eigenvalue weighted by atomic mass is 9.96. The standard InChI is InChI=1S/C14H17NO3S/c1-19-12-4-2-10(3-5-12)13(16)15-8-6-11(7-9-15)14(17)18/h2-5,11H,6-9H2,1H3,(H,17,18). The van der Waals surface area contributed by atoms with E-state index in [9.17, 15) is 9.59 Å². The first-order valence-electron chi connectivity index (χ1n) is 6.28. The van der Waals surface area contributed by atoms with Crippen LogP contribution in [0.5, 0.6) is 0 Å². The minimum Gasteiger partial charge on any atom is -0.481 e. The Morgan fingerprint density at radius 2 is 1.79 bits per heavy atom. The molecule has 0 atom stereocenters. The number of rotatable bonds is 3. The van der Waals surface area contributed by atoms with Gasteiger partial charge in [0.15, 0.2) is 0 Å². The first-order chi connectivity index (χ1) is 9.11. The molecule has 1 aliphatic heterocycles. The molecule has 0 aliphatic carbocycles. The van der Waals surface area contributed by atoms with E-state index in [4.69, 9.17) is 5.11 Å². The van der Waals surface area contributed by atoms with Crippen LogP contribution < -0.4 is 0 Å². The van der Waals surface area contributed by atoms with E-state index in [0.29, 0.717) is 31.5 Å². The van der Waals surface area contributed by atoms with Crippen LogP contribution in [0.1, 0.15) is 23.2 Å². The van der Waals surface area contributed by atoms with Crippen molar-refractivity contribution in [1.82, 2.24) is 4.90 Å². The van der Waals surface area contributed by atoms with Crippen LogP contribution in [0.15, 0.2) is 29.2 Å². The molecule has 0 aromatic heterocycles. The summed E-state index contributed by atoms with van der Waals surface area (Å²) in [5.41, 5.74) is 0.673. The van der Waals surface area contributed by atoms with Crippen LogP contribution in [-0.4, -0.2) is 41.2 Å². The van der Waals surface area contributed by atoms with E-state index in [0.717, 1.165) is 4.90 Å². The molecule has 1 aliphatic rings. The van der Waals surface area contributed by atoms with Crippen molar-refractivity contribution in [3.8, 4) is 0 Å². The zero-order chi connectivity index (χ0) is 13.8. The summed E-state index contributed by atoms with van der Waals surface area (Å²) >= 11 is 1.64. The average Bonchev–Trinajstić information content (AvgIpc) is 2.46. The highest BCUT2D eigenvalue weighted by molar-refractivity contribution is 7.98. The SMILES string of the molecule is CSc1ccc(C(=O)N2CCC(C(=O)O)CC2)cc1. The molecule has 1 heterocycles. The van der Waals surface area contributed by atoms with Crippen molar-refractivity contribution in [3.63, 3.8) is 0 Å². The second-order valence-corrected chi connectivity index (χ2v) is 5.51. The number of carboxylic acid groups (broad SMARTS) is 1. The molecule has 1 fully saturated rings. The second-order valence-electron chi connectivity index (χ2n) is 4.63. The molecule has 0 spiro atoms. The van der Waals surface area contributed by atoms with Crippen molar-refractivity contribution >= 4 is 23.6 Å². The number of piperidine rings is 1. The number of carboxylic acids is 1. The third-order valence-electron chi connectivity index (χ3n) is 3.47. The molecule has 0 unspecified atom stereocenters. The molecule has 1 amide bonds. The molecule has 1 aromatic rings. The lowest BCUT2D eigenvalue weighted by Gasteiger charge is -2.30. The quantitative estimate of drug-likeness (QED) is 0.863. The van der Waals surface area contributed by atoms with Gasteiger partial charge in [-0.3, -0.25) is 9.59 Å². The fourth-order valence-electron chi connectivity index (χ4n) is 2.25. The third kappa shape index (κ3) is 3.29. The summed E-state index contributed by atoms with van der Waals surface area (Å²) in [4.78, 5) is 26.0. The largest absolute Gasteiger partial charge is 0.481 e. The van der Waals surface area contributed by atoms with Crippen LogP contribution in [0.25, 0.3) is 0 Å². The van der Waals surface area contributed by atoms with Gasteiger partial charge < -0.3 is 10.0 Å². The van der Waals surface area contributed by atoms with Gasteiger partial charge >= 0.3 is 5.97 Å². The molecule has 102 valence electrons. The summed E-state index contributed by atoms with van der Waals surface area (Å²) < 4.78 is 0. The predicted octanol–water partition coefficient (Wildman–Crippen LogP) is 2.35. The van der Waals surface area contributed by atoms with Crippen LogP contribution in [-0.2, 0) is 4.79 Å². The molecule has 1 saturated heterocycles. The molecular formula is C14H17NO3S. The minimum atomic E-state index is -0.753. The molecular weight excluding hydrogens is 262 g/mol. The molecule has 0 bridgehead atoms.